The van der Waals surface area contributed by atoms with E-state index >= 15 is 0 Å². The molecule has 144 heavy (non-hydrogen) atoms. The van der Waals surface area contributed by atoms with E-state index < -0.39 is 52.2 Å². The number of fused-ring (bicyclic) bond motifs is 8. The fourth-order valence-electron chi connectivity index (χ4n) is 16.3. The summed E-state index contributed by atoms with van der Waals surface area (Å²) in [7, 11) is -4.77. The van der Waals surface area contributed by atoms with E-state index in [0.717, 1.165) is 126 Å². The van der Waals surface area contributed by atoms with Crippen LogP contribution in [0.25, 0.3) is 0 Å². The fourth-order valence-corrected chi connectivity index (χ4v) is 16.6. The molecule has 802 valence electrons. The van der Waals surface area contributed by atoms with Crippen molar-refractivity contribution in [2.45, 2.75) is 337 Å². The third kappa shape index (κ3) is 44.4. The van der Waals surface area contributed by atoms with Gasteiger partial charge in [-0.2, -0.15) is 28.7 Å². The number of hydroxylamine groups is 8. The molecule has 0 aliphatic carbocycles. The third-order valence-electron chi connectivity index (χ3n) is 23.5. The van der Waals surface area contributed by atoms with Gasteiger partial charge in [0.2, 0.25) is 23.6 Å². The van der Waals surface area contributed by atoms with Crippen LogP contribution in [-0.4, -0.2) is 280 Å². The molecule has 10 amide bonds. The van der Waals surface area contributed by atoms with E-state index in [0.29, 0.717) is 166 Å². The molecular weight excluding hydrogens is 1880 g/mol. The molecule has 10 heterocycles. The summed E-state index contributed by atoms with van der Waals surface area (Å²) in [6, 6.07) is 25.7. The molecule has 8 aliphatic heterocycles. The van der Waals surface area contributed by atoms with Crippen LogP contribution in [0.2, 0.25) is 0 Å². The summed E-state index contributed by atoms with van der Waals surface area (Å²) in [5.74, 6) is 5.46. The largest absolute Gasteiger partial charge is 1.00 e. The summed E-state index contributed by atoms with van der Waals surface area (Å²) in [5, 5.41) is 41.2. The SMILES string of the molecule is C.C=CC(=O)OCC.CCCCCCC(=O)CCC(=O)[C@@H]1CC[C@@H]2CN1C(=O)N2OCc1ccccc1.CCCCCCC(=O)O.CCCCCCC(=O)OCC.CCCN.CCCN(CCc1nnc([C@@H]2CC[C@@H]3CN2C(=O)N3OCc2ccccc2)o1)C(=O)OC(C)(C)C.NNC(=O)[C@@H]1CC[C@@H]2CN1C(=O)N2OCc1ccccc1.O=C1N2C[C@@H](CC[C@H]2c2nnc(CCNCCO)o2)N1OS(=O)(=O)O.[Li+].[OH-]. The van der Waals surface area contributed by atoms with E-state index in [9.17, 15) is 61.2 Å². The molecule has 8 bridgehead atoms. The molecule has 10 N–H and O–H groups in total. The number of piperidine rings is 4. The normalized spacial score (nSPS) is 18.6. The van der Waals surface area contributed by atoms with Gasteiger partial charge in [0.05, 0.1) is 50.0 Å². The van der Waals surface area contributed by atoms with E-state index in [1.165, 1.54) is 44.3 Å². The molecule has 8 fully saturated rings. The van der Waals surface area contributed by atoms with Crippen molar-refractivity contribution >= 4 is 76.0 Å². The summed E-state index contributed by atoms with van der Waals surface area (Å²) >= 11 is 0. The molecule has 0 unspecified atom stereocenters. The van der Waals surface area contributed by atoms with Gasteiger partial charge in [-0.25, -0.2) is 34.6 Å². The van der Waals surface area contributed by atoms with Gasteiger partial charge in [0.15, 0.2) is 5.78 Å². The van der Waals surface area contributed by atoms with E-state index in [1.807, 2.05) is 126 Å². The van der Waals surface area contributed by atoms with Crippen LogP contribution in [-0.2, 0) is 105 Å². The number of carbonyl (C=O) groups excluding carboxylic acids is 10. The number of hydrogen-bond donors (Lipinski definition) is 7. The first-order valence-electron chi connectivity index (χ1n) is 49.7. The number of rotatable bonds is 47. The first-order valence-corrected chi connectivity index (χ1v) is 51.0. The Balaban J connectivity index is 0.000000450. The number of nitrogens with two attached hydrogens (primary N) is 2. The zero-order valence-electron chi connectivity index (χ0n) is 85.3. The maximum atomic E-state index is 13.1. The van der Waals surface area contributed by atoms with Crippen molar-refractivity contribution in [3.8, 4) is 0 Å². The number of amides is 10. The van der Waals surface area contributed by atoms with E-state index in [2.05, 4.69) is 74.4 Å². The molecule has 0 spiro atoms. The zero-order valence-corrected chi connectivity index (χ0v) is 86.1. The predicted octanol–water partition coefficient (Wildman–Crippen LogP) is 11.0. The summed E-state index contributed by atoms with van der Waals surface area (Å²) in [4.78, 5) is 156. The second kappa shape index (κ2) is 69.5. The topological polar surface area (TPSA) is 560 Å². The predicted molar refractivity (Wildman–Crippen MR) is 528 cm³/mol. The second-order valence-corrected chi connectivity index (χ2v) is 36.7. The van der Waals surface area contributed by atoms with Crippen LogP contribution in [0.1, 0.15) is 302 Å². The average molecular weight is 2040 g/mol. The molecule has 0 radical (unpaired) electrons. The number of esters is 2. The first kappa shape index (κ1) is 128. The van der Waals surface area contributed by atoms with Crippen molar-refractivity contribution in [1.82, 2.24) is 75.9 Å². The number of carboxylic acids is 1. The number of ether oxygens (including phenoxy) is 3. The van der Waals surface area contributed by atoms with Crippen LogP contribution in [0.4, 0.5) is 24.0 Å². The number of hydrogen-bond acceptors (Lipinski definition) is 31. The summed E-state index contributed by atoms with van der Waals surface area (Å²) in [6.07, 6.45) is 23.9. The van der Waals surface area contributed by atoms with Crippen molar-refractivity contribution in [2.24, 2.45) is 11.6 Å². The Labute approximate surface area is 860 Å². The van der Waals surface area contributed by atoms with Crippen molar-refractivity contribution < 1.29 is 142 Å². The number of aliphatic carboxylic acids is 1. The van der Waals surface area contributed by atoms with Crippen LogP contribution in [0, 0.1) is 0 Å². The standard InChI is InChI=1S/C25H35N5O5.C23H32N2O4.C14H18N4O3.C12H19N5O7S.C9H18O2.C7H14O2.C5H8O2.C3H9N.CH4.Li.H2O/c1-5-14-28(24(32)35-25(2,3)4)15-13-21-26-27-22(34-21)20-12-11-19-16-29(20)23(31)30(19)33-17-18-9-7-6-8-10-18;1-2-3-4-8-11-20(26)13-15-22(27)21-14-12-19-16-24(21)23(28)25(19)29-17-18-9-6-5-7-10-18;15-16-13(19)12-7-6-11-8-17(12)14(20)18(11)21-9-10-4-2-1-3-5-10;18-6-5-13-4-3-10-14-15-11(23-10)9-2-1-8-7-16(9)12(19)17(8)24-25(20,21)22;1-3-5-6-7-8-9(10)11-4-2;1-2-3-4-5-6-7(8)9;1-3-5(6)7-4-2;1-2-3-4;;;/h6-10,19-20H,5,11-17H2,1-4H3;5-7,9-10,19,21H,2-4,8,11-17H2,1H3;1-5,11-12H,6-9,15H2,(H,16,19);8-9,13,18H,1-7H2,(H,20,21,22);3-8H2,1-2H3;2-6H2,1H3,(H,8,9);3H,1,4H2,2H3;2-4H2,1H3;1H4;;1H2/q;;;;;;;;;+1;/p-1/t19-,20+;19-,21+;11-,12+;8-,9+;;;;;;;/m1111......./s1. The van der Waals surface area contributed by atoms with Gasteiger partial charge in [-0.1, -0.05) is 197 Å². The minimum atomic E-state index is -4.77. The maximum Gasteiger partial charge on any atom is 1.00 e. The summed E-state index contributed by atoms with van der Waals surface area (Å²) in [5.41, 5.74) is 9.60. The number of benzene rings is 3. The average Bonchev–Trinajstić information content (AvgIpc) is 1.63. The zero-order chi connectivity index (χ0) is 103. The molecule has 2 aromatic heterocycles. The van der Waals surface area contributed by atoms with Crippen LogP contribution in [0.3, 0.4) is 0 Å². The number of Topliss-reactive ketones (excluding diaryl/α,β-unsaturated/α-hetero) is 2. The number of nitrogens with one attached hydrogen (secondary N) is 2. The van der Waals surface area contributed by atoms with Gasteiger partial charge in [0, 0.05) is 103 Å². The second-order valence-electron chi connectivity index (χ2n) is 35.7. The monoisotopic (exact) mass is 2040 g/mol. The molecular formula is C99H158LiN17O26S. The van der Waals surface area contributed by atoms with Gasteiger partial charge in [-0.15, -0.1) is 24.7 Å². The first-order chi connectivity index (χ1) is 67.7. The molecule has 5 aromatic rings. The number of hydrazine groups is 1. The Morgan fingerprint density at radius 1 is 0.528 bits per heavy atom. The molecule has 43 nitrogen and oxygen atoms in total. The number of nitrogens with zero attached hydrogens (tertiary/aromatic N) is 13. The molecule has 13 rings (SSSR count). The number of urea groups is 4. The quantitative estimate of drug-likeness (QED) is 0.00219. The van der Waals surface area contributed by atoms with Crippen molar-refractivity contribution in [2.75, 3.05) is 78.7 Å². The third-order valence-corrected chi connectivity index (χ3v) is 23.8. The Morgan fingerprint density at radius 3 is 1.35 bits per heavy atom. The van der Waals surface area contributed by atoms with Crippen LogP contribution < -0.4 is 41.2 Å². The molecule has 8 saturated heterocycles. The smallest absolute Gasteiger partial charge is 0.870 e. The number of unbranched alkanes of at least 4 members (excludes halogenated alkanes) is 9. The van der Waals surface area contributed by atoms with E-state index in [4.69, 9.17) is 59.2 Å². The number of aliphatic hydroxyl groups is 1. The molecule has 0 saturated carbocycles. The number of aromatic nitrogens is 4. The minimum absolute atomic E-state index is 0. The Morgan fingerprint density at radius 2 is 0.944 bits per heavy atom. The molecule has 3 aromatic carbocycles. The van der Waals surface area contributed by atoms with Crippen LogP contribution in [0.5, 0.6) is 0 Å². The van der Waals surface area contributed by atoms with Crippen LogP contribution in [0.15, 0.2) is 112 Å². The van der Waals surface area contributed by atoms with Crippen molar-refractivity contribution in [1.29, 1.82) is 0 Å². The Kier molecular flexibility index (Phi) is 61.5. The molecule has 8 atom stereocenters. The van der Waals surface area contributed by atoms with E-state index in [-0.39, 0.29) is 135 Å². The maximum absolute atomic E-state index is 13.1. The van der Waals surface area contributed by atoms with Gasteiger partial charge in [0.1, 0.15) is 49.3 Å². The summed E-state index contributed by atoms with van der Waals surface area (Å²) in [6.45, 7) is 29.5. The van der Waals surface area contributed by atoms with Gasteiger partial charge < -0.3 is 74.3 Å². The van der Waals surface area contributed by atoms with Crippen LogP contribution >= 0.6 is 0 Å². The molecule has 45 heteroatoms. The Bertz CT molecular complexity index is 4700. The minimum Gasteiger partial charge on any atom is -0.870 e. The van der Waals surface area contributed by atoms with Crippen molar-refractivity contribution in [3.63, 3.8) is 0 Å². The number of carboxylic acid groups (broad SMARTS) is 1. The molecule has 8 aliphatic rings. The Hall–Kier alpha value is -10.6. The number of aliphatic hydroxyl groups excluding tert-OH is 1. The van der Waals surface area contributed by atoms with Crippen molar-refractivity contribution in [3.05, 3.63) is 144 Å². The van der Waals surface area contributed by atoms with Gasteiger partial charge in [-0.05, 0) is 141 Å². The number of carbonyl (C=O) groups is 11. The van der Waals surface area contributed by atoms with Gasteiger partial charge >= 0.3 is 77.4 Å². The summed E-state index contributed by atoms with van der Waals surface area (Å²) < 4.78 is 61.2. The number of ketones is 2. The fraction of sp³-hybridized carbons (Fsp3) is 0.646. The van der Waals surface area contributed by atoms with Gasteiger partial charge in [0.25, 0.3) is 5.91 Å². The van der Waals surface area contributed by atoms with E-state index in [1.54, 1.807) is 21.6 Å². The van der Waals surface area contributed by atoms with Gasteiger partial charge in [-0.3, -0.25) is 48.5 Å².